The number of esters is 3. The first-order valence-corrected chi connectivity index (χ1v) is 10.3. The van der Waals surface area contributed by atoms with E-state index in [1.807, 2.05) is 6.92 Å². The molecule has 6 heteroatoms. The van der Waals surface area contributed by atoms with Crippen LogP contribution in [0.3, 0.4) is 0 Å². The Morgan fingerprint density at radius 3 is 2.68 bits per heavy atom. The molecule has 5 rings (SSSR count). The normalized spacial score (nSPS) is 50.6. The molecule has 0 N–H and O–H groups in total. The first-order valence-electron chi connectivity index (χ1n) is 10.3. The van der Waals surface area contributed by atoms with Gasteiger partial charge in [-0.05, 0) is 62.9 Å². The second-order valence-corrected chi connectivity index (χ2v) is 9.96. The molecule has 7 atom stereocenters. The predicted octanol–water partition coefficient (Wildman–Crippen LogP) is 2.94. The van der Waals surface area contributed by atoms with Crippen LogP contribution in [0.2, 0.25) is 0 Å². The van der Waals surface area contributed by atoms with E-state index in [1.165, 1.54) is 14.0 Å². The van der Waals surface area contributed by atoms with Gasteiger partial charge < -0.3 is 14.2 Å². The zero-order valence-electron chi connectivity index (χ0n) is 16.8. The highest BCUT2D eigenvalue weighted by molar-refractivity contribution is 5.85. The van der Waals surface area contributed by atoms with Crippen molar-refractivity contribution in [2.24, 2.45) is 28.6 Å². The van der Waals surface area contributed by atoms with Gasteiger partial charge in [0.15, 0.2) is 0 Å². The molecule has 4 bridgehead atoms. The van der Waals surface area contributed by atoms with Crippen LogP contribution in [-0.4, -0.2) is 36.2 Å². The van der Waals surface area contributed by atoms with E-state index in [0.29, 0.717) is 19.3 Å². The molecule has 0 radical (unpaired) electrons. The van der Waals surface area contributed by atoms with Gasteiger partial charge in [0.2, 0.25) is 0 Å². The standard InChI is InChI=1S/C22H28O6/c1-12-10-20-11-21(12,27-13(2)23)9-6-14(20)22-8-5-7-19(3,18(25)28-22)16(22)15(20)17(24)26-4/h14-16H,1,5-11H2,2-4H3/t14-,15-,16-,19+,20+,21+,22-/m1/s1. The van der Waals surface area contributed by atoms with Crippen LogP contribution in [0, 0.1) is 28.6 Å². The first kappa shape index (κ1) is 18.2. The number of methoxy groups -OCH3 is 1. The zero-order chi connectivity index (χ0) is 20.1. The summed E-state index contributed by atoms with van der Waals surface area (Å²) in [5.74, 6) is -1.29. The molecule has 152 valence electrons. The van der Waals surface area contributed by atoms with E-state index in [2.05, 4.69) is 6.58 Å². The second-order valence-electron chi connectivity index (χ2n) is 9.96. The summed E-state index contributed by atoms with van der Waals surface area (Å²) < 4.78 is 17.3. The van der Waals surface area contributed by atoms with Gasteiger partial charge in [0, 0.05) is 18.8 Å². The van der Waals surface area contributed by atoms with Crippen molar-refractivity contribution in [3.63, 3.8) is 0 Å². The molecule has 6 nitrogen and oxygen atoms in total. The lowest BCUT2D eigenvalue weighted by Gasteiger charge is -2.46. The maximum atomic E-state index is 13.2. The Hall–Kier alpha value is -1.85. The Labute approximate surface area is 165 Å². The average Bonchev–Trinajstić information content (AvgIpc) is 3.03. The van der Waals surface area contributed by atoms with Crippen molar-refractivity contribution in [2.45, 2.75) is 70.0 Å². The fourth-order valence-electron chi connectivity index (χ4n) is 8.21. The highest BCUT2D eigenvalue weighted by atomic mass is 16.6. The van der Waals surface area contributed by atoms with Gasteiger partial charge in [-0.3, -0.25) is 14.4 Å². The molecule has 4 aliphatic carbocycles. The molecule has 0 aromatic heterocycles. The third kappa shape index (κ3) is 1.79. The van der Waals surface area contributed by atoms with E-state index in [1.54, 1.807) is 0 Å². The summed E-state index contributed by atoms with van der Waals surface area (Å²) in [4.78, 5) is 38.0. The van der Waals surface area contributed by atoms with Gasteiger partial charge >= 0.3 is 17.9 Å². The SMILES string of the molecule is C=C1C[C@]23C[C@@]1(OC(C)=O)CC[C@H]2[C@@]12CCC[C@](C)(C(=O)O1)[C@H]2[C@@H]3C(=O)OC. The minimum atomic E-state index is -0.705. The number of fused-ring (bicyclic) bond motifs is 1. The van der Waals surface area contributed by atoms with Crippen molar-refractivity contribution in [1.82, 2.24) is 0 Å². The highest BCUT2D eigenvalue weighted by Crippen LogP contribution is 2.78. The van der Waals surface area contributed by atoms with Gasteiger partial charge in [-0.25, -0.2) is 0 Å². The van der Waals surface area contributed by atoms with Crippen LogP contribution >= 0.6 is 0 Å². The molecule has 0 amide bonds. The maximum absolute atomic E-state index is 13.2. The van der Waals surface area contributed by atoms with E-state index >= 15 is 0 Å². The zero-order valence-corrected chi connectivity index (χ0v) is 16.8. The van der Waals surface area contributed by atoms with Crippen LogP contribution in [0.5, 0.6) is 0 Å². The quantitative estimate of drug-likeness (QED) is 0.411. The lowest BCUT2D eigenvalue weighted by Crippen LogP contribution is -2.48. The van der Waals surface area contributed by atoms with Gasteiger partial charge in [-0.15, -0.1) is 0 Å². The number of carbonyl (C=O) groups is 3. The molecule has 0 unspecified atom stereocenters. The van der Waals surface area contributed by atoms with Crippen molar-refractivity contribution in [3.05, 3.63) is 12.2 Å². The molecule has 4 saturated carbocycles. The van der Waals surface area contributed by atoms with Crippen LogP contribution in [0.4, 0.5) is 0 Å². The van der Waals surface area contributed by atoms with Crippen LogP contribution in [0.1, 0.15) is 58.8 Å². The summed E-state index contributed by atoms with van der Waals surface area (Å²) in [6.45, 7) is 7.66. The van der Waals surface area contributed by atoms with E-state index in [4.69, 9.17) is 14.2 Å². The Morgan fingerprint density at radius 1 is 1.25 bits per heavy atom. The summed E-state index contributed by atoms with van der Waals surface area (Å²) in [6, 6.07) is 0. The molecular weight excluding hydrogens is 360 g/mol. The number of carbonyl (C=O) groups excluding carboxylic acids is 3. The number of rotatable bonds is 2. The summed E-state index contributed by atoms with van der Waals surface area (Å²) in [5.41, 5.74) is -1.49. The Kier molecular flexibility index (Phi) is 3.37. The van der Waals surface area contributed by atoms with Gasteiger partial charge in [0.1, 0.15) is 11.2 Å². The Bertz CT molecular complexity index is 818. The fourth-order valence-corrected chi connectivity index (χ4v) is 8.21. The van der Waals surface area contributed by atoms with Crippen molar-refractivity contribution in [3.8, 4) is 0 Å². The molecule has 0 aromatic carbocycles. The van der Waals surface area contributed by atoms with E-state index in [0.717, 1.165) is 31.3 Å². The van der Waals surface area contributed by atoms with Crippen LogP contribution in [0.25, 0.3) is 0 Å². The van der Waals surface area contributed by atoms with Gasteiger partial charge in [-0.2, -0.15) is 0 Å². The maximum Gasteiger partial charge on any atom is 0.312 e. The molecule has 1 aliphatic heterocycles. The number of hydrogen-bond donors (Lipinski definition) is 0. The molecule has 0 aromatic rings. The molecule has 1 spiro atoms. The Morgan fingerprint density at radius 2 is 2.00 bits per heavy atom. The van der Waals surface area contributed by atoms with E-state index in [-0.39, 0.29) is 29.7 Å². The largest absolute Gasteiger partial charge is 0.469 e. The summed E-state index contributed by atoms with van der Waals surface area (Å²) in [6.07, 6.45) is 5.10. The molecule has 28 heavy (non-hydrogen) atoms. The van der Waals surface area contributed by atoms with Crippen LogP contribution < -0.4 is 0 Å². The minimum Gasteiger partial charge on any atom is -0.469 e. The second kappa shape index (κ2) is 5.19. The van der Waals surface area contributed by atoms with Crippen molar-refractivity contribution < 1.29 is 28.6 Å². The predicted molar refractivity (Wildman–Crippen MR) is 97.8 cm³/mol. The molecule has 1 saturated heterocycles. The monoisotopic (exact) mass is 388 g/mol. The molecule has 1 heterocycles. The lowest BCUT2D eigenvalue weighted by molar-refractivity contribution is -0.169. The minimum absolute atomic E-state index is 0.0723. The van der Waals surface area contributed by atoms with Gasteiger partial charge in [-0.1, -0.05) is 6.58 Å². The Balaban J connectivity index is 1.69. The van der Waals surface area contributed by atoms with Crippen LogP contribution in [0.15, 0.2) is 12.2 Å². The molecule has 5 aliphatic rings. The highest BCUT2D eigenvalue weighted by Gasteiger charge is 2.83. The number of hydrogen-bond acceptors (Lipinski definition) is 6. The van der Waals surface area contributed by atoms with Crippen LogP contribution in [-0.2, 0) is 28.6 Å². The van der Waals surface area contributed by atoms with Crippen molar-refractivity contribution in [2.75, 3.05) is 7.11 Å². The smallest absolute Gasteiger partial charge is 0.312 e. The van der Waals surface area contributed by atoms with Crippen molar-refractivity contribution >= 4 is 17.9 Å². The number of ether oxygens (including phenoxy) is 3. The third-order valence-corrected chi connectivity index (χ3v) is 8.89. The van der Waals surface area contributed by atoms with E-state index < -0.39 is 27.9 Å². The molecule has 5 fully saturated rings. The lowest BCUT2D eigenvalue weighted by atomic mass is 9.60. The summed E-state index contributed by atoms with van der Waals surface area (Å²) >= 11 is 0. The fraction of sp³-hybridized carbons (Fsp3) is 0.773. The summed E-state index contributed by atoms with van der Waals surface area (Å²) in [5, 5.41) is 0. The summed E-state index contributed by atoms with van der Waals surface area (Å²) in [7, 11) is 1.42. The van der Waals surface area contributed by atoms with Gasteiger partial charge in [0.25, 0.3) is 0 Å². The third-order valence-electron chi connectivity index (χ3n) is 8.89. The molecular formula is C22H28O6. The van der Waals surface area contributed by atoms with Gasteiger partial charge in [0.05, 0.1) is 18.4 Å². The first-order chi connectivity index (χ1) is 13.2. The van der Waals surface area contributed by atoms with E-state index in [9.17, 15) is 14.4 Å². The topological polar surface area (TPSA) is 78.9 Å². The van der Waals surface area contributed by atoms with Crippen molar-refractivity contribution in [1.29, 1.82) is 0 Å². The average molecular weight is 388 g/mol.